The zero-order valence-electron chi connectivity index (χ0n) is 11.4. The fourth-order valence-electron chi connectivity index (χ4n) is 1.82. The highest BCUT2D eigenvalue weighted by atomic mass is 35.5. The smallest absolute Gasteiger partial charge is 0.249 e. The summed E-state index contributed by atoms with van der Waals surface area (Å²) in [5.41, 5.74) is 2.86. The number of rotatable bonds is 3. The molecule has 1 aromatic heterocycles. The van der Waals surface area contributed by atoms with Crippen molar-refractivity contribution in [2.24, 2.45) is 0 Å². The summed E-state index contributed by atoms with van der Waals surface area (Å²) in [6, 6.07) is 11.1. The SMILES string of the molecule is Cc1cc(C)nc(NC(=O)/C=C/c2ccc(Cl)cc2)c1. The number of halogens is 1. The van der Waals surface area contributed by atoms with E-state index in [-0.39, 0.29) is 5.91 Å². The van der Waals surface area contributed by atoms with Crippen molar-refractivity contribution in [3.05, 3.63) is 64.3 Å². The molecule has 2 aromatic rings. The number of aryl methyl sites for hydroxylation is 2. The van der Waals surface area contributed by atoms with E-state index in [1.54, 1.807) is 18.2 Å². The molecule has 0 unspecified atom stereocenters. The largest absolute Gasteiger partial charge is 0.307 e. The van der Waals surface area contributed by atoms with Crippen molar-refractivity contribution >= 4 is 29.4 Å². The lowest BCUT2D eigenvalue weighted by atomic mass is 10.2. The third-order valence-corrected chi connectivity index (χ3v) is 2.90. The molecule has 3 nitrogen and oxygen atoms in total. The predicted octanol–water partition coefficient (Wildman–Crippen LogP) is 4.00. The van der Waals surface area contributed by atoms with Crippen LogP contribution in [0, 0.1) is 13.8 Å². The summed E-state index contributed by atoms with van der Waals surface area (Å²) < 4.78 is 0. The number of hydrogen-bond donors (Lipinski definition) is 1. The number of pyridine rings is 1. The molecule has 102 valence electrons. The quantitative estimate of drug-likeness (QED) is 0.867. The maximum atomic E-state index is 11.8. The van der Waals surface area contributed by atoms with Crippen LogP contribution in [0.25, 0.3) is 6.08 Å². The number of aromatic nitrogens is 1. The van der Waals surface area contributed by atoms with Crippen molar-refractivity contribution in [3.8, 4) is 0 Å². The Morgan fingerprint density at radius 2 is 1.90 bits per heavy atom. The van der Waals surface area contributed by atoms with Gasteiger partial charge in [-0.3, -0.25) is 4.79 Å². The van der Waals surface area contributed by atoms with Gasteiger partial charge in [0, 0.05) is 16.8 Å². The molecular formula is C16H15ClN2O. The van der Waals surface area contributed by atoms with Gasteiger partial charge in [-0.05, 0) is 55.3 Å². The highest BCUT2D eigenvalue weighted by molar-refractivity contribution is 6.30. The second kappa shape index (κ2) is 6.35. The molecule has 0 spiro atoms. The maximum Gasteiger partial charge on any atom is 0.249 e. The minimum absolute atomic E-state index is 0.211. The first-order valence-electron chi connectivity index (χ1n) is 6.23. The van der Waals surface area contributed by atoms with E-state index in [0.717, 1.165) is 16.8 Å². The van der Waals surface area contributed by atoms with E-state index < -0.39 is 0 Å². The summed E-state index contributed by atoms with van der Waals surface area (Å²) in [6.07, 6.45) is 3.21. The minimum Gasteiger partial charge on any atom is -0.307 e. The van der Waals surface area contributed by atoms with Crippen LogP contribution in [0.3, 0.4) is 0 Å². The van der Waals surface area contributed by atoms with Gasteiger partial charge in [0.25, 0.3) is 0 Å². The molecule has 2 rings (SSSR count). The Kier molecular flexibility index (Phi) is 4.53. The van der Waals surface area contributed by atoms with Crippen molar-refractivity contribution in [1.82, 2.24) is 4.98 Å². The van der Waals surface area contributed by atoms with Crippen molar-refractivity contribution in [2.45, 2.75) is 13.8 Å². The Labute approximate surface area is 123 Å². The van der Waals surface area contributed by atoms with Crippen molar-refractivity contribution in [2.75, 3.05) is 5.32 Å². The summed E-state index contributed by atoms with van der Waals surface area (Å²) in [7, 11) is 0. The first-order valence-corrected chi connectivity index (χ1v) is 6.61. The first-order chi connectivity index (χ1) is 9.52. The van der Waals surface area contributed by atoms with Crippen molar-refractivity contribution < 1.29 is 4.79 Å². The zero-order chi connectivity index (χ0) is 14.5. The molecule has 0 saturated carbocycles. The third-order valence-electron chi connectivity index (χ3n) is 2.65. The Morgan fingerprint density at radius 1 is 1.20 bits per heavy atom. The van der Waals surface area contributed by atoms with E-state index in [4.69, 9.17) is 11.6 Å². The lowest BCUT2D eigenvalue weighted by Crippen LogP contribution is -2.09. The molecule has 0 fully saturated rings. The van der Waals surface area contributed by atoms with Gasteiger partial charge in [0.2, 0.25) is 5.91 Å². The number of nitrogens with one attached hydrogen (secondary N) is 1. The molecule has 1 heterocycles. The third kappa shape index (κ3) is 4.21. The van der Waals surface area contributed by atoms with Crippen LogP contribution in [0.2, 0.25) is 5.02 Å². The maximum absolute atomic E-state index is 11.8. The molecule has 20 heavy (non-hydrogen) atoms. The molecule has 1 N–H and O–H groups in total. The second-order valence-corrected chi connectivity index (χ2v) is 4.98. The van der Waals surface area contributed by atoms with Gasteiger partial charge in [-0.25, -0.2) is 4.98 Å². The lowest BCUT2D eigenvalue weighted by molar-refractivity contribution is -0.111. The van der Waals surface area contributed by atoms with Crippen LogP contribution in [-0.4, -0.2) is 10.9 Å². The average molecular weight is 287 g/mol. The Morgan fingerprint density at radius 3 is 2.55 bits per heavy atom. The summed E-state index contributed by atoms with van der Waals surface area (Å²) in [5, 5.41) is 3.41. The normalized spacial score (nSPS) is 10.8. The molecule has 0 aliphatic heterocycles. The molecule has 0 saturated heterocycles. The molecule has 1 aromatic carbocycles. The van der Waals surface area contributed by atoms with Gasteiger partial charge >= 0.3 is 0 Å². The predicted molar refractivity (Wildman–Crippen MR) is 82.8 cm³/mol. The number of hydrogen-bond acceptors (Lipinski definition) is 2. The number of carbonyl (C=O) groups is 1. The Bertz CT molecular complexity index is 628. The highest BCUT2D eigenvalue weighted by Crippen LogP contribution is 2.11. The molecule has 0 aliphatic carbocycles. The van der Waals surface area contributed by atoms with Crippen LogP contribution >= 0.6 is 11.6 Å². The molecular weight excluding hydrogens is 272 g/mol. The van der Waals surface area contributed by atoms with Crippen LogP contribution in [0.5, 0.6) is 0 Å². The second-order valence-electron chi connectivity index (χ2n) is 4.55. The van der Waals surface area contributed by atoms with E-state index in [9.17, 15) is 4.79 Å². The molecule has 0 atom stereocenters. The average Bonchev–Trinajstić information content (AvgIpc) is 2.37. The van der Waals surface area contributed by atoms with Gasteiger partial charge in [0.05, 0.1) is 0 Å². The van der Waals surface area contributed by atoms with Crippen LogP contribution < -0.4 is 5.32 Å². The monoisotopic (exact) mass is 286 g/mol. The summed E-state index contributed by atoms with van der Waals surface area (Å²) >= 11 is 5.80. The van der Waals surface area contributed by atoms with Crippen LogP contribution in [0.1, 0.15) is 16.8 Å². The van der Waals surface area contributed by atoms with Gasteiger partial charge in [-0.15, -0.1) is 0 Å². The first kappa shape index (κ1) is 14.3. The molecule has 0 radical (unpaired) electrons. The van der Waals surface area contributed by atoms with Crippen molar-refractivity contribution in [3.63, 3.8) is 0 Å². The van der Waals surface area contributed by atoms with E-state index in [1.807, 2.05) is 38.1 Å². The van der Waals surface area contributed by atoms with Gasteiger partial charge in [-0.1, -0.05) is 23.7 Å². The highest BCUT2D eigenvalue weighted by Gasteiger charge is 2.01. The Balaban J connectivity index is 2.03. The lowest BCUT2D eigenvalue weighted by Gasteiger charge is -2.04. The van der Waals surface area contributed by atoms with Crippen molar-refractivity contribution in [1.29, 1.82) is 0 Å². The van der Waals surface area contributed by atoms with E-state index >= 15 is 0 Å². The Hall–Kier alpha value is -2.13. The van der Waals surface area contributed by atoms with Gasteiger partial charge in [0.15, 0.2) is 0 Å². The van der Waals surface area contributed by atoms with E-state index in [1.165, 1.54) is 6.08 Å². The topological polar surface area (TPSA) is 42.0 Å². The van der Waals surface area contributed by atoms with E-state index in [2.05, 4.69) is 10.3 Å². The van der Waals surface area contributed by atoms with Crippen LogP contribution in [-0.2, 0) is 4.79 Å². The van der Waals surface area contributed by atoms with Crippen LogP contribution in [0.15, 0.2) is 42.5 Å². The molecule has 0 bridgehead atoms. The summed E-state index contributed by atoms with van der Waals surface area (Å²) in [5.74, 6) is 0.353. The summed E-state index contributed by atoms with van der Waals surface area (Å²) in [4.78, 5) is 16.1. The number of carbonyl (C=O) groups excluding carboxylic acids is 1. The number of amides is 1. The number of benzene rings is 1. The summed E-state index contributed by atoms with van der Waals surface area (Å²) in [6.45, 7) is 3.86. The fourth-order valence-corrected chi connectivity index (χ4v) is 1.95. The molecule has 1 amide bonds. The van der Waals surface area contributed by atoms with Gasteiger partial charge in [0.1, 0.15) is 5.82 Å². The number of anilines is 1. The molecule has 0 aliphatic rings. The van der Waals surface area contributed by atoms with Crippen LogP contribution in [0.4, 0.5) is 5.82 Å². The zero-order valence-corrected chi connectivity index (χ0v) is 12.1. The van der Waals surface area contributed by atoms with E-state index in [0.29, 0.717) is 10.8 Å². The standard InChI is InChI=1S/C16H15ClN2O/c1-11-9-12(2)18-15(10-11)19-16(20)8-5-13-3-6-14(17)7-4-13/h3-10H,1-2H3,(H,18,19,20)/b8-5+. The number of nitrogens with zero attached hydrogens (tertiary/aromatic N) is 1. The van der Waals surface area contributed by atoms with Gasteiger partial charge < -0.3 is 5.32 Å². The fraction of sp³-hybridized carbons (Fsp3) is 0.125. The van der Waals surface area contributed by atoms with Gasteiger partial charge in [-0.2, -0.15) is 0 Å². The minimum atomic E-state index is -0.211. The molecule has 4 heteroatoms.